The first kappa shape index (κ1) is 11.0. The van der Waals surface area contributed by atoms with Crippen LogP contribution in [-0.2, 0) is 14.3 Å². The maximum absolute atomic E-state index is 11.0. The number of aliphatic carboxylic acids is 1. The Kier molecular flexibility index (Phi) is 3.88. The lowest BCUT2D eigenvalue weighted by molar-refractivity contribution is -0.147. The summed E-state index contributed by atoms with van der Waals surface area (Å²) in [6.07, 6.45) is 0.761. The van der Waals surface area contributed by atoms with Gasteiger partial charge in [-0.3, -0.25) is 9.59 Å². The number of hydrogen-bond donors (Lipinski definition) is 2. The van der Waals surface area contributed by atoms with Crippen LogP contribution in [0.1, 0.15) is 12.8 Å². The first-order valence-electron chi connectivity index (χ1n) is 4.65. The first-order valence-corrected chi connectivity index (χ1v) is 4.65. The van der Waals surface area contributed by atoms with Gasteiger partial charge in [-0.1, -0.05) is 0 Å². The van der Waals surface area contributed by atoms with E-state index < -0.39 is 11.9 Å². The van der Waals surface area contributed by atoms with Crippen LogP contribution in [0.2, 0.25) is 0 Å². The molecule has 5 nitrogen and oxygen atoms in total. The third-order valence-corrected chi connectivity index (χ3v) is 2.58. The molecule has 1 fully saturated rings. The number of nitrogens with one attached hydrogen (secondary N) is 1. The van der Waals surface area contributed by atoms with Crippen molar-refractivity contribution in [2.24, 2.45) is 11.8 Å². The van der Waals surface area contributed by atoms with Crippen molar-refractivity contribution in [3.63, 3.8) is 0 Å². The minimum absolute atomic E-state index is 0.145. The van der Waals surface area contributed by atoms with Crippen molar-refractivity contribution in [2.75, 3.05) is 20.2 Å². The Bertz CT molecular complexity index is 229. The molecule has 0 bridgehead atoms. The largest absolute Gasteiger partial charge is 0.481 e. The van der Waals surface area contributed by atoms with Crippen LogP contribution in [0, 0.1) is 11.8 Å². The predicted octanol–water partition coefficient (Wildman–Crippen LogP) is -0.140. The maximum Gasteiger partial charge on any atom is 0.306 e. The molecule has 2 N–H and O–H groups in total. The molecule has 0 radical (unpaired) electrons. The average molecular weight is 201 g/mol. The molecular weight excluding hydrogens is 186 g/mol. The second kappa shape index (κ2) is 4.95. The van der Waals surface area contributed by atoms with Crippen molar-refractivity contribution >= 4 is 11.9 Å². The molecule has 5 heteroatoms. The smallest absolute Gasteiger partial charge is 0.306 e. The van der Waals surface area contributed by atoms with Gasteiger partial charge in [-0.05, 0) is 25.4 Å². The van der Waals surface area contributed by atoms with Crippen LogP contribution in [0.3, 0.4) is 0 Å². The molecule has 1 heterocycles. The van der Waals surface area contributed by atoms with Crippen molar-refractivity contribution in [3.8, 4) is 0 Å². The number of carboxylic acids is 1. The Morgan fingerprint density at radius 3 is 2.86 bits per heavy atom. The summed E-state index contributed by atoms with van der Waals surface area (Å²) in [5, 5.41) is 12.0. The molecule has 80 valence electrons. The molecule has 0 aliphatic carbocycles. The highest BCUT2D eigenvalue weighted by molar-refractivity contribution is 5.74. The molecule has 2 atom stereocenters. The Hall–Kier alpha value is -1.10. The molecular formula is C9H15NO4. The summed E-state index contributed by atoms with van der Waals surface area (Å²) in [7, 11) is 1.31. The van der Waals surface area contributed by atoms with E-state index in [0.29, 0.717) is 19.5 Å². The number of methoxy groups -OCH3 is 1. The third-order valence-electron chi connectivity index (χ3n) is 2.58. The van der Waals surface area contributed by atoms with Gasteiger partial charge in [-0.2, -0.15) is 0 Å². The summed E-state index contributed by atoms with van der Waals surface area (Å²) < 4.78 is 4.52. The average Bonchev–Trinajstić information content (AvgIpc) is 2.18. The molecule has 1 aliphatic heterocycles. The van der Waals surface area contributed by atoms with Crippen molar-refractivity contribution < 1.29 is 19.4 Å². The Morgan fingerprint density at radius 1 is 1.57 bits per heavy atom. The van der Waals surface area contributed by atoms with Crippen LogP contribution < -0.4 is 5.32 Å². The zero-order valence-electron chi connectivity index (χ0n) is 8.16. The lowest BCUT2D eigenvalue weighted by Crippen LogP contribution is -2.41. The number of esters is 1. The summed E-state index contributed by atoms with van der Waals surface area (Å²) in [4.78, 5) is 21.9. The molecule has 0 spiro atoms. The van der Waals surface area contributed by atoms with E-state index in [1.807, 2.05) is 0 Å². The molecule has 2 unspecified atom stereocenters. The van der Waals surface area contributed by atoms with E-state index in [0.717, 1.165) is 0 Å². The topological polar surface area (TPSA) is 75.6 Å². The number of hydrogen-bond acceptors (Lipinski definition) is 4. The number of carbonyl (C=O) groups excluding carboxylic acids is 1. The fourth-order valence-electron chi connectivity index (χ4n) is 1.76. The number of piperidine rings is 1. The molecule has 0 saturated carbocycles. The van der Waals surface area contributed by atoms with Gasteiger partial charge < -0.3 is 15.2 Å². The van der Waals surface area contributed by atoms with Gasteiger partial charge in [0.15, 0.2) is 0 Å². The number of ether oxygens (including phenoxy) is 1. The van der Waals surface area contributed by atoms with Crippen molar-refractivity contribution in [1.29, 1.82) is 0 Å². The number of rotatable bonds is 3. The van der Waals surface area contributed by atoms with Crippen LogP contribution in [0.15, 0.2) is 0 Å². The van der Waals surface area contributed by atoms with E-state index in [2.05, 4.69) is 10.1 Å². The van der Waals surface area contributed by atoms with Crippen LogP contribution in [0.5, 0.6) is 0 Å². The van der Waals surface area contributed by atoms with Crippen LogP contribution in [0.25, 0.3) is 0 Å². The Labute approximate surface area is 82.4 Å². The molecule has 0 aromatic rings. The maximum atomic E-state index is 11.0. The predicted molar refractivity (Wildman–Crippen MR) is 48.7 cm³/mol. The first-order chi connectivity index (χ1) is 6.65. The minimum atomic E-state index is -0.819. The highest BCUT2D eigenvalue weighted by atomic mass is 16.5. The summed E-state index contributed by atoms with van der Waals surface area (Å²) in [6, 6.07) is 0. The molecule has 1 aliphatic rings. The highest BCUT2D eigenvalue weighted by Gasteiger charge is 2.32. The lowest BCUT2D eigenvalue weighted by atomic mass is 9.84. The van der Waals surface area contributed by atoms with E-state index in [4.69, 9.17) is 5.11 Å². The number of carboxylic acid groups (broad SMARTS) is 1. The molecule has 0 aromatic heterocycles. The van der Waals surface area contributed by atoms with Gasteiger partial charge in [0.1, 0.15) is 0 Å². The minimum Gasteiger partial charge on any atom is -0.481 e. The highest BCUT2D eigenvalue weighted by Crippen LogP contribution is 2.22. The second-order valence-electron chi connectivity index (χ2n) is 3.48. The second-order valence-corrected chi connectivity index (χ2v) is 3.48. The summed E-state index contributed by atoms with van der Waals surface area (Å²) in [6.45, 7) is 1.28. The zero-order valence-corrected chi connectivity index (χ0v) is 8.16. The molecule has 0 amide bonds. The van der Waals surface area contributed by atoms with E-state index in [1.54, 1.807) is 0 Å². The van der Waals surface area contributed by atoms with Crippen molar-refractivity contribution in [3.05, 3.63) is 0 Å². The molecule has 14 heavy (non-hydrogen) atoms. The van der Waals surface area contributed by atoms with Gasteiger partial charge in [-0.25, -0.2) is 0 Å². The van der Waals surface area contributed by atoms with E-state index in [9.17, 15) is 9.59 Å². The zero-order chi connectivity index (χ0) is 10.6. The van der Waals surface area contributed by atoms with Gasteiger partial charge in [0, 0.05) is 0 Å². The van der Waals surface area contributed by atoms with Crippen LogP contribution in [0.4, 0.5) is 0 Å². The van der Waals surface area contributed by atoms with E-state index in [-0.39, 0.29) is 18.3 Å². The summed E-state index contributed by atoms with van der Waals surface area (Å²) in [5.41, 5.74) is 0. The SMILES string of the molecule is COC(=O)CC1CNCCC1C(=O)O. The fourth-order valence-corrected chi connectivity index (χ4v) is 1.76. The third kappa shape index (κ3) is 2.70. The van der Waals surface area contributed by atoms with Crippen LogP contribution >= 0.6 is 0 Å². The number of carbonyl (C=O) groups is 2. The molecule has 0 aromatic carbocycles. The van der Waals surface area contributed by atoms with Gasteiger partial charge in [0.05, 0.1) is 19.4 Å². The van der Waals surface area contributed by atoms with Crippen molar-refractivity contribution in [2.45, 2.75) is 12.8 Å². The van der Waals surface area contributed by atoms with Crippen LogP contribution in [-0.4, -0.2) is 37.2 Å². The summed E-state index contributed by atoms with van der Waals surface area (Å²) in [5.74, 6) is -1.73. The standard InChI is InChI=1S/C9H15NO4/c1-14-8(11)4-6-5-10-3-2-7(6)9(12)13/h6-7,10H,2-5H2,1H3,(H,12,13). The molecule has 1 saturated heterocycles. The van der Waals surface area contributed by atoms with Crippen molar-refractivity contribution in [1.82, 2.24) is 5.32 Å². The normalized spacial score (nSPS) is 26.9. The quantitative estimate of drug-likeness (QED) is 0.621. The van der Waals surface area contributed by atoms with Gasteiger partial charge in [0.25, 0.3) is 0 Å². The lowest BCUT2D eigenvalue weighted by Gasteiger charge is -2.28. The summed E-state index contributed by atoms with van der Waals surface area (Å²) >= 11 is 0. The van der Waals surface area contributed by atoms with Gasteiger partial charge >= 0.3 is 11.9 Å². The molecule has 1 rings (SSSR count). The fraction of sp³-hybridized carbons (Fsp3) is 0.778. The van der Waals surface area contributed by atoms with E-state index >= 15 is 0 Å². The Morgan fingerprint density at radius 2 is 2.29 bits per heavy atom. The monoisotopic (exact) mass is 201 g/mol. The van der Waals surface area contributed by atoms with E-state index in [1.165, 1.54) is 7.11 Å². The van der Waals surface area contributed by atoms with Gasteiger partial charge in [0.2, 0.25) is 0 Å². The van der Waals surface area contributed by atoms with Gasteiger partial charge in [-0.15, -0.1) is 0 Å². The Balaban J connectivity index is 2.54.